The standard InChI is InChI=1S/C41H78N4.C32H66N4.2C30H58N4/c1-29(2)26-42-34(10,11)36(14,15)43(27-30(3)4)38(18,19)40(22,23)45(33(9)32(7)8)41(24,25)39(20,21)44(28-31(5)6)37(16,17)35(42,12)13;1-23(2)24(3)36-31(16,17)29(12,13)34(21)27(8,9)25(4,5)33(20)26(6,7)28(10,11)35(22)30(14,15)32(36,18)19;2*1-20(2)21(3)31-23(4,5)25(8,9)32-22-33(26(10,11)24(31,6)7)28(14,15)30(18,19)34(22)29(16,17)27(32,12)13/h1,3,5,26-28H2,2,4,6-25H3;1-22H3;2*22H,1-19H3. The van der Waals surface area contributed by atoms with Gasteiger partial charge in [-0.2, -0.15) is 0 Å². The van der Waals surface area contributed by atoms with Gasteiger partial charge in [0.25, 0.3) is 0 Å². The molecule has 8 fully saturated rings. The SMILES string of the molecule is C=C(C)CN1C(C)(C)C(C)(C)N(CC(=C)C)C(C)(C)C(C)(C)N(C(C)=C(C)C)C(C)(C)C(C)(C)N(CC(=C)C)C(C)(C)C1(C)C.CC(C)=C(C)N1C(C)(C)C(C)(C)N(C)C(C)(C)C(C)(C)N(C)C(C)(C)C(C)(C)N(C)C(C)(C)C1(C)C.CC(C)=C(C)N1C(C)(C)C(C)(C)N2C3N(C(C)(C)C1(C)C)C(C)(C)C(C)(C)N3C(C)(C)C2(C)C.CC(C)=C(C)N1C(C)(C)C(C)(C)N2C3N(C(C)(C)C1(C)C)C(C)(C)C(C)(C)N3C(C)(C)C2(C)C. The van der Waals surface area contributed by atoms with Crippen LogP contribution in [0.4, 0.5) is 0 Å². The molecule has 0 aromatic heterocycles. The zero-order valence-electron chi connectivity index (χ0n) is 116. The molecule has 8 heterocycles. The number of likely N-dealkylation sites (N-methyl/N-ethyl adjacent to an activating group) is 3. The first-order valence-corrected chi connectivity index (χ1v) is 58.5. The predicted octanol–water partition coefficient (Wildman–Crippen LogP) is 32.2. The third-order valence-electron chi connectivity index (χ3n) is 51.6. The van der Waals surface area contributed by atoms with Crippen molar-refractivity contribution in [3.05, 3.63) is 81.5 Å². The average Bonchev–Trinajstić information content (AvgIpc) is 1.47. The van der Waals surface area contributed by atoms with Crippen LogP contribution in [-0.4, -0.2) is 309 Å². The van der Waals surface area contributed by atoms with Crippen molar-refractivity contribution in [3.63, 3.8) is 0 Å². The van der Waals surface area contributed by atoms with E-state index in [-0.39, 0.29) is 190 Å². The van der Waals surface area contributed by atoms with Gasteiger partial charge in [-0.15, -0.1) is 0 Å². The molecule has 0 bridgehead atoms. The Labute approximate surface area is 931 Å². The molecule has 8 aliphatic rings. The molecule has 0 amide bonds. The molecule has 149 heavy (non-hydrogen) atoms. The molecule has 8 rings (SSSR count). The van der Waals surface area contributed by atoms with Crippen molar-refractivity contribution in [2.24, 2.45) is 0 Å². The Hall–Kier alpha value is -3.10. The molecular formula is C133H260N16. The molecular weight excluding hydrogens is 1820 g/mol. The number of hydrogen-bond donors (Lipinski definition) is 0. The van der Waals surface area contributed by atoms with Crippen LogP contribution >= 0.6 is 0 Å². The molecule has 0 spiro atoms. The number of rotatable bonds is 10. The van der Waals surface area contributed by atoms with Crippen molar-refractivity contribution in [3.8, 4) is 0 Å². The Morgan fingerprint density at radius 1 is 0.141 bits per heavy atom. The third-order valence-corrected chi connectivity index (χ3v) is 51.6. The van der Waals surface area contributed by atoms with Crippen LogP contribution in [0.25, 0.3) is 0 Å². The molecule has 16 nitrogen and oxygen atoms in total. The Bertz CT molecular complexity index is 4640. The summed E-state index contributed by atoms with van der Waals surface area (Å²) in [4.78, 5) is 44.8. The van der Waals surface area contributed by atoms with Crippen LogP contribution in [0.5, 0.6) is 0 Å². The van der Waals surface area contributed by atoms with Crippen molar-refractivity contribution >= 4 is 0 Å². The first-order valence-electron chi connectivity index (χ1n) is 58.5. The molecule has 0 N–H and O–H groups in total. The predicted molar refractivity (Wildman–Crippen MR) is 661 cm³/mol. The van der Waals surface area contributed by atoms with Crippen LogP contribution in [0.1, 0.15) is 547 Å². The average molecular weight is 2080 g/mol. The maximum absolute atomic E-state index is 4.49. The normalized spacial score (nSPS) is 29.9. The fourth-order valence-corrected chi connectivity index (χ4v) is 31.8. The summed E-state index contributed by atoms with van der Waals surface area (Å²) in [7, 11) is 7.04. The number of hydrogen-bond acceptors (Lipinski definition) is 16. The van der Waals surface area contributed by atoms with Crippen molar-refractivity contribution in [2.45, 2.75) is 737 Å². The minimum atomic E-state index is -0.301. The lowest BCUT2D eigenvalue weighted by molar-refractivity contribution is -0.215. The van der Waals surface area contributed by atoms with E-state index in [0.717, 1.165) is 19.6 Å². The summed E-state index contributed by atoms with van der Waals surface area (Å²) in [6.07, 6.45) is 0.431. The van der Waals surface area contributed by atoms with Gasteiger partial charge in [-0.1, -0.05) is 58.7 Å². The quantitative estimate of drug-likeness (QED) is 0.195. The highest BCUT2D eigenvalue weighted by atomic mass is 15.7. The van der Waals surface area contributed by atoms with Gasteiger partial charge in [0.2, 0.25) is 0 Å². The first-order chi connectivity index (χ1) is 64.5. The Morgan fingerprint density at radius 3 is 0.336 bits per heavy atom. The van der Waals surface area contributed by atoms with E-state index in [4.69, 9.17) is 0 Å². The van der Waals surface area contributed by atoms with E-state index in [0.29, 0.717) is 0 Å². The zero-order chi connectivity index (χ0) is 120. The van der Waals surface area contributed by atoms with E-state index in [1.807, 2.05) is 0 Å². The largest absolute Gasteiger partial charge is 0.361 e. The van der Waals surface area contributed by atoms with Crippen LogP contribution in [-0.2, 0) is 0 Å². The molecule has 872 valence electrons. The van der Waals surface area contributed by atoms with Crippen LogP contribution in [0, 0.1) is 0 Å². The summed E-state index contributed by atoms with van der Waals surface area (Å²) in [6, 6.07) is 0. The molecule has 0 saturated carbocycles. The van der Waals surface area contributed by atoms with Gasteiger partial charge >= 0.3 is 0 Å². The summed E-state index contributed by atoms with van der Waals surface area (Å²) in [5.41, 5.74) is 9.94. The Morgan fingerprint density at radius 2 is 0.228 bits per heavy atom. The first kappa shape index (κ1) is 136. The van der Waals surface area contributed by atoms with Gasteiger partial charge in [-0.25, -0.2) is 0 Å². The zero-order valence-corrected chi connectivity index (χ0v) is 116. The van der Waals surface area contributed by atoms with Crippen molar-refractivity contribution in [1.29, 1.82) is 0 Å². The Balaban J connectivity index is 0.000000351. The highest BCUT2D eigenvalue weighted by molar-refractivity contribution is 5.39. The second kappa shape index (κ2) is 38.6. The molecule has 0 aromatic carbocycles. The van der Waals surface area contributed by atoms with Gasteiger partial charge in [0.15, 0.2) is 0 Å². The van der Waals surface area contributed by atoms with Crippen LogP contribution in [0.3, 0.4) is 0 Å². The molecule has 0 unspecified atom stereocenters. The lowest BCUT2D eigenvalue weighted by Crippen LogP contribution is -2.84. The van der Waals surface area contributed by atoms with Gasteiger partial charge in [0, 0.05) is 175 Å². The van der Waals surface area contributed by atoms with E-state index < -0.39 is 0 Å². The second-order valence-electron chi connectivity index (χ2n) is 66.8. The molecule has 8 saturated heterocycles. The molecule has 0 atom stereocenters. The van der Waals surface area contributed by atoms with E-state index in [1.54, 1.807) is 0 Å². The van der Waals surface area contributed by atoms with Gasteiger partial charge < -0.3 is 19.6 Å². The third kappa shape index (κ3) is 18.4. The summed E-state index contributed by atoms with van der Waals surface area (Å²) in [5, 5.41) is 0. The molecule has 0 aromatic rings. The van der Waals surface area contributed by atoms with Gasteiger partial charge in [-0.3, -0.25) is 58.8 Å². The molecule has 0 radical (unpaired) electrons. The minimum absolute atomic E-state index is 0.0124. The van der Waals surface area contributed by atoms with Crippen molar-refractivity contribution in [1.82, 2.24) is 78.4 Å². The number of nitrogens with zero attached hydrogens (tertiary/aromatic N) is 16. The van der Waals surface area contributed by atoms with Crippen LogP contribution in [0.15, 0.2) is 81.5 Å². The minimum Gasteiger partial charge on any atom is -0.361 e. The fraction of sp³-hybridized carbons (Fsp3) is 0.895. The van der Waals surface area contributed by atoms with E-state index in [9.17, 15) is 0 Å². The summed E-state index contributed by atoms with van der Waals surface area (Å²) in [6.45, 7) is 208. The maximum atomic E-state index is 4.49. The lowest BCUT2D eigenvalue weighted by Gasteiger charge is -2.72. The van der Waals surface area contributed by atoms with E-state index in [1.165, 1.54) is 61.8 Å². The summed E-state index contributed by atoms with van der Waals surface area (Å²) >= 11 is 0. The highest BCUT2D eigenvalue weighted by Crippen LogP contribution is 2.69. The smallest absolute Gasteiger partial charge is 0.122 e. The monoisotopic (exact) mass is 2080 g/mol. The van der Waals surface area contributed by atoms with Crippen molar-refractivity contribution in [2.75, 3.05) is 40.8 Å². The highest BCUT2D eigenvalue weighted by Gasteiger charge is 2.82. The maximum Gasteiger partial charge on any atom is 0.122 e. The van der Waals surface area contributed by atoms with Crippen LogP contribution < -0.4 is 0 Å². The van der Waals surface area contributed by atoms with Gasteiger partial charge in [-0.05, 0) is 568 Å². The summed E-state index contributed by atoms with van der Waals surface area (Å²) < 4.78 is 0. The van der Waals surface area contributed by atoms with Gasteiger partial charge in [0.1, 0.15) is 12.6 Å². The lowest BCUT2D eigenvalue weighted by atomic mass is 9.64. The molecule has 0 aliphatic carbocycles. The van der Waals surface area contributed by atoms with E-state index >= 15 is 0 Å². The van der Waals surface area contributed by atoms with Gasteiger partial charge in [0.05, 0.1) is 44.3 Å². The molecule has 16 heteroatoms. The number of allylic oxidation sites excluding steroid dienone is 8. The summed E-state index contributed by atoms with van der Waals surface area (Å²) in [5.74, 6) is 0. The topological polar surface area (TPSA) is 51.8 Å². The molecule has 8 aliphatic heterocycles. The fourth-order valence-electron chi connectivity index (χ4n) is 31.8. The van der Waals surface area contributed by atoms with Crippen molar-refractivity contribution < 1.29 is 0 Å². The Kier molecular flexibility index (Phi) is 35.3. The van der Waals surface area contributed by atoms with Crippen LogP contribution in [0.2, 0.25) is 0 Å². The van der Waals surface area contributed by atoms with E-state index in [2.05, 4.69) is 666 Å². The second-order valence-corrected chi connectivity index (χ2v) is 66.8.